The van der Waals surface area contributed by atoms with Crippen molar-refractivity contribution in [3.63, 3.8) is 0 Å². The average Bonchev–Trinajstić information content (AvgIpc) is 2.97. The molecule has 1 saturated heterocycles. The second-order valence-corrected chi connectivity index (χ2v) is 7.41. The molecule has 0 aliphatic carbocycles. The Balaban J connectivity index is 2.03. The summed E-state index contributed by atoms with van der Waals surface area (Å²) >= 11 is 0. The number of hydrogen-bond donors (Lipinski definition) is 1. The van der Waals surface area contributed by atoms with Gasteiger partial charge < -0.3 is 4.90 Å². The first-order valence-corrected chi connectivity index (χ1v) is 9.22. The third-order valence-corrected chi connectivity index (χ3v) is 4.93. The molecule has 0 bridgehead atoms. The highest BCUT2D eigenvalue weighted by molar-refractivity contribution is 7.89. The molecule has 118 valence electrons. The number of hydrogen-bond acceptors (Lipinski definition) is 5. The molecule has 1 aromatic rings. The van der Waals surface area contributed by atoms with Gasteiger partial charge >= 0.3 is 0 Å². The lowest BCUT2D eigenvalue weighted by molar-refractivity contribution is 0.577. The van der Waals surface area contributed by atoms with E-state index in [1.54, 1.807) is 0 Å². The summed E-state index contributed by atoms with van der Waals surface area (Å²) < 4.78 is 26.3. The number of rotatable bonds is 7. The van der Waals surface area contributed by atoms with E-state index in [4.69, 9.17) is 0 Å². The van der Waals surface area contributed by atoms with E-state index in [0.717, 1.165) is 49.7 Å². The molecule has 7 heteroatoms. The van der Waals surface area contributed by atoms with Crippen LogP contribution in [0.1, 0.15) is 44.0 Å². The molecule has 0 amide bonds. The highest BCUT2D eigenvalue weighted by atomic mass is 32.2. The molecule has 2 heterocycles. The largest absolute Gasteiger partial charge is 0.341 e. The van der Waals surface area contributed by atoms with Crippen LogP contribution in [0.3, 0.4) is 0 Å². The Morgan fingerprint density at radius 1 is 1.29 bits per heavy atom. The lowest BCUT2D eigenvalue weighted by Gasteiger charge is -2.16. The monoisotopic (exact) mass is 312 g/mol. The maximum Gasteiger partial charge on any atom is 0.225 e. The van der Waals surface area contributed by atoms with E-state index in [-0.39, 0.29) is 12.3 Å². The number of nitrogens with one attached hydrogen (secondary N) is 1. The second-order valence-electron chi connectivity index (χ2n) is 5.49. The van der Waals surface area contributed by atoms with E-state index >= 15 is 0 Å². The quantitative estimate of drug-likeness (QED) is 0.828. The van der Waals surface area contributed by atoms with Gasteiger partial charge in [0.05, 0.1) is 18.0 Å². The molecule has 2 rings (SSSR count). The number of aromatic nitrogens is 2. The molecule has 0 atom stereocenters. The van der Waals surface area contributed by atoms with Gasteiger partial charge in [0.2, 0.25) is 16.0 Å². The van der Waals surface area contributed by atoms with Gasteiger partial charge in [0.15, 0.2) is 0 Å². The van der Waals surface area contributed by atoms with E-state index in [1.807, 2.05) is 19.9 Å². The highest BCUT2D eigenvalue weighted by Crippen LogP contribution is 2.16. The van der Waals surface area contributed by atoms with Crippen LogP contribution in [-0.4, -0.2) is 37.2 Å². The van der Waals surface area contributed by atoms with Crippen LogP contribution in [0.2, 0.25) is 0 Å². The minimum atomic E-state index is -3.21. The maximum absolute atomic E-state index is 11.8. The van der Waals surface area contributed by atoms with Crippen LogP contribution in [0.15, 0.2) is 6.07 Å². The van der Waals surface area contributed by atoms with E-state index in [0.29, 0.717) is 6.42 Å². The summed E-state index contributed by atoms with van der Waals surface area (Å²) in [6.45, 7) is 6.08. The summed E-state index contributed by atoms with van der Waals surface area (Å²) in [6, 6.07) is 1.84. The van der Waals surface area contributed by atoms with Gasteiger partial charge in [-0.15, -0.1) is 0 Å². The van der Waals surface area contributed by atoms with Gasteiger partial charge in [-0.05, 0) is 32.3 Å². The van der Waals surface area contributed by atoms with E-state index in [1.165, 1.54) is 0 Å². The summed E-state index contributed by atoms with van der Waals surface area (Å²) in [5.41, 5.74) is 1.60. The van der Waals surface area contributed by atoms with Crippen molar-refractivity contribution in [2.24, 2.45) is 0 Å². The van der Waals surface area contributed by atoms with Crippen LogP contribution in [0.25, 0.3) is 0 Å². The molecular formula is C14H24N4O2S. The van der Waals surface area contributed by atoms with Gasteiger partial charge in [-0.25, -0.2) is 23.1 Å². The first-order chi connectivity index (χ1) is 10.00. The molecule has 0 aromatic carbocycles. The van der Waals surface area contributed by atoms with Crippen molar-refractivity contribution in [2.45, 2.75) is 46.1 Å². The SMILES string of the molecule is CCCCS(=O)(=O)NCc1cc(C)nc(N2CCCC2)n1. The smallest absolute Gasteiger partial charge is 0.225 e. The van der Waals surface area contributed by atoms with E-state index in [2.05, 4.69) is 19.6 Å². The van der Waals surface area contributed by atoms with Crippen LogP contribution in [0.4, 0.5) is 5.95 Å². The van der Waals surface area contributed by atoms with Crippen molar-refractivity contribution in [1.29, 1.82) is 0 Å². The fourth-order valence-corrected chi connectivity index (χ4v) is 3.54. The van der Waals surface area contributed by atoms with Crippen molar-refractivity contribution >= 4 is 16.0 Å². The third-order valence-electron chi connectivity index (χ3n) is 3.52. The molecule has 1 fully saturated rings. The van der Waals surface area contributed by atoms with Crippen molar-refractivity contribution in [1.82, 2.24) is 14.7 Å². The molecule has 0 spiro atoms. The molecule has 1 aromatic heterocycles. The minimum Gasteiger partial charge on any atom is -0.341 e. The number of unbranched alkanes of at least 4 members (excludes halogenated alkanes) is 1. The topological polar surface area (TPSA) is 75.2 Å². The fraction of sp³-hybridized carbons (Fsp3) is 0.714. The fourth-order valence-electron chi connectivity index (χ4n) is 2.36. The zero-order valence-electron chi connectivity index (χ0n) is 12.8. The Labute approximate surface area is 127 Å². The van der Waals surface area contributed by atoms with Crippen LogP contribution < -0.4 is 9.62 Å². The van der Waals surface area contributed by atoms with Crippen molar-refractivity contribution < 1.29 is 8.42 Å². The molecule has 1 aliphatic heterocycles. The van der Waals surface area contributed by atoms with Crippen LogP contribution in [0.5, 0.6) is 0 Å². The van der Waals surface area contributed by atoms with Gasteiger partial charge in [0.1, 0.15) is 0 Å². The minimum absolute atomic E-state index is 0.173. The van der Waals surface area contributed by atoms with Gasteiger partial charge in [-0.3, -0.25) is 0 Å². The molecule has 0 saturated carbocycles. The van der Waals surface area contributed by atoms with Crippen molar-refractivity contribution in [2.75, 3.05) is 23.7 Å². The zero-order chi connectivity index (χ0) is 15.3. The first kappa shape index (κ1) is 16.2. The predicted octanol–water partition coefficient (Wildman–Crippen LogP) is 1.60. The number of sulfonamides is 1. The highest BCUT2D eigenvalue weighted by Gasteiger charge is 2.16. The summed E-state index contributed by atoms with van der Waals surface area (Å²) in [5.74, 6) is 0.891. The lowest BCUT2D eigenvalue weighted by Crippen LogP contribution is -2.27. The summed E-state index contributed by atoms with van der Waals surface area (Å²) in [5, 5.41) is 0. The summed E-state index contributed by atoms with van der Waals surface area (Å²) in [4.78, 5) is 11.1. The third kappa shape index (κ3) is 4.93. The molecule has 1 aliphatic rings. The van der Waals surface area contributed by atoms with Crippen LogP contribution >= 0.6 is 0 Å². The average molecular weight is 312 g/mol. The lowest BCUT2D eigenvalue weighted by atomic mass is 10.3. The summed E-state index contributed by atoms with van der Waals surface area (Å²) in [7, 11) is -3.21. The van der Waals surface area contributed by atoms with Crippen LogP contribution in [0, 0.1) is 6.92 Å². The Hall–Kier alpha value is -1.21. The molecule has 6 nitrogen and oxygen atoms in total. The zero-order valence-corrected chi connectivity index (χ0v) is 13.6. The number of aryl methyl sites for hydroxylation is 1. The van der Waals surface area contributed by atoms with E-state index < -0.39 is 10.0 Å². The molecule has 1 N–H and O–H groups in total. The van der Waals surface area contributed by atoms with E-state index in [9.17, 15) is 8.42 Å². The Kier molecular flexibility index (Phi) is 5.52. The number of nitrogens with zero attached hydrogens (tertiary/aromatic N) is 3. The number of anilines is 1. The molecular weight excluding hydrogens is 288 g/mol. The normalized spacial score (nSPS) is 15.6. The van der Waals surface area contributed by atoms with Crippen LogP contribution in [-0.2, 0) is 16.6 Å². The Morgan fingerprint density at radius 2 is 2.00 bits per heavy atom. The molecule has 0 radical (unpaired) electrons. The van der Waals surface area contributed by atoms with Crippen molar-refractivity contribution in [3.8, 4) is 0 Å². The van der Waals surface area contributed by atoms with Gasteiger partial charge in [-0.1, -0.05) is 13.3 Å². The molecule has 0 unspecified atom stereocenters. The first-order valence-electron chi connectivity index (χ1n) is 7.57. The van der Waals surface area contributed by atoms with Gasteiger partial charge in [0.25, 0.3) is 0 Å². The van der Waals surface area contributed by atoms with Crippen molar-refractivity contribution in [3.05, 3.63) is 17.5 Å². The second kappa shape index (κ2) is 7.17. The summed E-state index contributed by atoms with van der Waals surface area (Å²) in [6.07, 6.45) is 3.87. The van der Waals surface area contributed by atoms with Gasteiger partial charge in [-0.2, -0.15) is 0 Å². The standard InChI is InChI=1S/C14H24N4O2S/c1-3-4-9-21(19,20)15-11-13-10-12(2)16-14(17-13)18-7-5-6-8-18/h10,15H,3-9,11H2,1-2H3. The predicted molar refractivity (Wildman–Crippen MR) is 83.8 cm³/mol. The Morgan fingerprint density at radius 3 is 2.67 bits per heavy atom. The maximum atomic E-state index is 11.8. The Bertz CT molecular complexity index is 568. The van der Waals surface area contributed by atoms with Gasteiger partial charge in [0, 0.05) is 18.8 Å². The molecule has 21 heavy (non-hydrogen) atoms.